The van der Waals surface area contributed by atoms with Crippen LogP contribution in [0.4, 0.5) is 0 Å². The third-order valence-electron chi connectivity index (χ3n) is 2.60. The molecular weight excluding hydrogens is 166 g/mol. The first-order chi connectivity index (χ1) is 6.38. The van der Waals surface area contributed by atoms with Crippen LogP contribution in [0.1, 0.15) is 25.7 Å². The van der Waals surface area contributed by atoms with Crippen molar-refractivity contribution in [2.75, 3.05) is 13.1 Å². The maximum Gasteiger partial charge on any atom is 0.243 e. The molecule has 13 heavy (non-hydrogen) atoms. The Bertz CT molecular complexity index is 221. The molecule has 0 aromatic carbocycles. The third kappa shape index (κ3) is 1.88. The van der Waals surface area contributed by atoms with Crippen LogP contribution < -0.4 is 5.32 Å². The number of carbonyl (C=O) groups is 1. The Hall–Kier alpha value is -0.900. The largest absolute Gasteiger partial charge is 0.317 e. The molecule has 0 unspecified atom stereocenters. The van der Waals surface area contributed by atoms with Crippen molar-refractivity contribution in [2.45, 2.75) is 31.7 Å². The van der Waals surface area contributed by atoms with E-state index in [1.165, 1.54) is 0 Å². The van der Waals surface area contributed by atoms with E-state index in [0.717, 1.165) is 32.4 Å². The normalized spacial score (nSPS) is 25.2. The number of carbonyl (C=O) groups excluding carboxylic acids is 1. The predicted molar refractivity (Wildman–Crippen MR) is 50.5 cm³/mol. The maximum absolute atomic E-state index is 11.5. The summed E-state index contributed by atoms with van der Waals surface area (Å²) >= 11 is 0. The summed E-state index contributed by atoms with van der Waals surface area (Å²) in [6, 6.07) is 0.338. The van der Waals surface area contributed by atoms with Gasteiger partial charge in [0.1, 0.15) is 0 Å². The van der Waals surface area contributed by atoms with E-state index in [1.54, 1.807) is 5.01 Å². The summed E-state index contributed by atoms with van der Waals surface area (Å²) in [7, 11) is 0. The monoisotopic (exact) mass is 181 g/mol. The van der Waals surface area contributed by atoms with Crippen molar-refractivity contribution in [3.05, 3.63) is 0 Å². The van der Waals surface area contributed by atoms with Crippen LogP contribution in [-0.4, -0.2) is 36.3 Å². The van der Waals surface area contributed by atoms with E-state index in [9.17, 15) is 4.79 Å². The lowest BCUT2D eigenvalue weighted by Gasteiger charge is -2.32. The number of nitrogens with one attached hydrogen (secondary N) is 1. The fourth-order valence-electron chi connectivity index (χ4n) is 1.86. The van der Waals surface area contributed by atoms with Gasteiger partial charge < -0.3 is 5.32 Å². The topological polar surface area (TPSA) is 44.7 Å². The van der Waals surface area contributed by atoms with Gasteiger partial charge in [0.25, 0.3) is 0 Å². The Kier molecular flexibility index (Phi) is 2.59. The van der Waals surface area contributed by atoms with Gasteiger partial charge in [0.15, 0.2) is 0 Å². The lowest BCUT2D eigenvalue weighted by Crippen LogP contribution is -2.44. The predicted octanol–water partition coefficient (Wildman–Crippen LogP) is 0.347. The van der Waals surface area contributed by atoms with Crippen LogP contribution in [0.2, 0.25) is 0 Å². The van der Waals surface area contributed by atoms with Crippen LogP contribution in [0.3, 0.4) is 0 Å². The van der Waals surface area contributed by atoms with Gasteiger partial charge in [-0.1, -0.05) is 0 Å². The molecule has 0 radical (unpaired) electrons. The highest BCUT2D eigenvalue weighted by molar-refractivity contribution is 5.82. The molecule has 0 atom stereocenters. The molecule has 0 aromatic rings. The van der Waals surface area contributed by atoms with Crippen molar-refractivity contribution in [3.63, 3.8) is 0 Å². The van der Waals surface area contributed by atoms with E-state index >= 15 is 0 Å². The van der Waals surface area contributed by atoms with Gasteiger partial charge in [-0.3, -0.25) is 4.79 Å². The van der Waals surface area contributed by atoms with Crippen molar-refractivity contribution in [1.29, 1.82) is 0 Å². The minimum Gasteiger partial charge on any atom is -0.317 e. The second-order valence-corrected chi connectivity index (χ2v) is 3.56. The molecule has 2 rings (SSSR count). The van der Waals surface area contributed by atoms with E-state index in [4.69, 9.17) is 0 Å². The minimum atomic E-state index is 0.189. The lowest BCUT2D eigenvalue weighted by atomic mass is 10.1. The Morgan fingerprint density at radius 3 is 2.92 bits per heavy atom. The minimum absolute atomic E-state index is 0.189. The summed E-state index contributed by atoms with van der Waals surface area (Å²) in [4.78, 5) is 11.5. The molecule has 0 saturated carbocycles. The van der Waals surface area contributed by atoms with Gasteiger partial charge in [-0.05, 0) is 32.4 Å². The molecule has 2 aliphatic rings. The fraction of sp³-hybridized carbons (Fsp3) is 0.778. The molecule has 4 heteroatoms. The van der Waals surface area contributed by atoms with E-state index in [0.29, 0.717) is 12.5 Å². The Balaban J connectivity index is 2.00. The highest BCUT2D eigenvalue weighted by Crippen LogP contribution is 2.16. The molecule has 0 spiro atoms. The Labute approximate surface area is 78.0 Å². The highest BCUT2D eigenvalue weighted by Gasteiger charge is 2.25. The van der Waals surface area contributed by atoms with Gasteiger partial charge in [0.05, 0.1) is 6.04 Å². The molecule has 72 valence electrons. The second kappa shape index (κ2) is 3.87. The van der Waals surface area contributed by atoms with Gasteiger partial charge in [-0.15, -0.1) is 0 Å². The summed E-state index contributed by atoms with van der Waals surface area (Å²) in [5.41, 5.74) is 0. The van der Waals surface area contributed by atoms with Gasteiger partial charge in [-0.25, -0.2) is 5.01 Å². The van der Waals surface area contributed by atoms with Crippen LogP contribution in [0.15, 0.2) is 5.10 Å². The smallest absolute Gasteiger partial charge is 0.243 e. The first-order valence-corrected chi connectivity index (χ1v) is 4.93. The summed E-state index contributed by atoms with van der Waals surface area (Å²) in [6.45, 7) is 2.01. The van der Waals surface area contributed by atoms with Crippen molar-refractivity contribution in [2.24, 2.45) is 5.10 Å². The molecule has 1 fully saturated rings. The molecule has 1 saturated heterocycles. The third-order valence-corrected chi connectivity index (χ3v) is 2.60. The molecule has 4 nitrogen and oxygen atoms in total. The zero-order chi connectivity index (χ0) is 9.10. The SMILES string of the molecule is O=C1CCC=NN1C1CCNCC1. The van der Waals surface area contributed by atoms with Crippen molar-refractivity contribution in [3.8, 4) is 0 Å². The molecule has 1 N–H and O–H groups in total. The zero-order valence-corrected chi connectivity index (χ0v) is 7.70. The quantitative estimate of drug-likeness (QED) is 0.634. The van der Waals surface area contributed by atoms with Gasteiger partial charge in [0.2, 0.25) is 5.91 Å². The second-order valence-electron chi connectivity index (χ2n) is 3.56. The number of hydrazone groups is 1. The summed E-state index contributed by atoms with van der Waals surface area (Å²) in [5.74, 6) is 0.189. The molecule has 0 aliphatic carbocycles. The molecule has 1 amide bonds. The molecule has 2 heterocycles. The van der Waals surface area contributed by atoms with Crippen molar-refractivity contribution >= 4 is 12.1 Å². The van der Waals surface area contributed by atoms with E-state index in [1.807, 2.05) is 6.21 Å². The Morgan fingerprint density at radius 2 is 2.23 bits per heavy atom. The standard InChI is InChI=1S/C9H15N3O/c13-9-2-1-5-11-12(9)8-3-6-10-7-4-8/h5,8,10H,1-4,6-7H2. The average molecular weight is 181 g/mol. The summed E-state index contributed by atoms with van der Waals surface area (Å²) in [5, 5.41) is 9.13. The van der Waals surface area contributed by atoms with Crippen molar-refractivity contribution < 1.29 is 4.79 Å². The number of nitrogens with zero attached hydrogens (tertiary/aromatic N) is 2. The lowest BCUT2D eigenvalue weighted by molar-refractivity contribution is -0.134. The number of hydrogen-bond acceptors (Lipinski definition) is 3. The number of amides is 1. The zero-order valence-electron chi connectivity index (χ0n) is 7.70. The van der Waals surface area contributed by atoms with Crippen LogP contribution in [0.25, 0.3) is 0 Å². The van der Waals surface area contributed by atoms with E-state index < -0.39 is 0 Å². The Morgan fingerprint density at radius 1 is 1.46 bits per heavy atom. The van der Waals surface area contributed by atoms with E-state index in [-0.39, 0.29) is 5.91 Å². The first kappa shape index (κ1) is 8.69. The van der Waals surface area contributed by atoms with Gasteiger partial charge in [0, 0.05) is 12.6 Å². The highest BCUT2D eigenvalue weighted by atomic mass is 16.2. The molecule has 0 bridgehead atoms. The molecule has 0 aromatic heterocycles. The average Bonchev–Trinajstić information content (AvgIpc) is 2.20. The van der Waals surface area contributed by atoms with Gasteiger partial charge >= 0.3 is 0 Å². The molecular formula is C9H15N3O. The fourth-order valence-corrected chi connectivity index (χ4v) is 1.86. The summed E-state index contributed by atoms with van der Waals surface area (Å²) < 4.78 is 0. The number of rotatable bonds is 1. The van der Waals surface area contributed by atoms with Crippen LogP contribution >= 0.6 is 0 Å². The van der Waals surface area contributed by atoms with E-state index in [2.05, 4.69) is 10.4 Å². The van der Waals surface area contributed by atoms with Gasteiger partial charge in [-0.2, -0.15) is 5.10 Å². The van der Waals surface area contributed by atoms with Crippen LogP contribution in [0, 0.1) is 0 Å². The molecule has 2 aliphatic heterocycles. The maximum atomic E-state index is 11.5. The van der Waals surface area contributed by atoms with Crippen molar-refractivity contribution in [1.82, 2.24) is 10.3 Å². The number of hydrogen-bond donors (Lipinski definition) is 1. The van der Waals surface area contributed by atoms with Crippen LogP contribution in [-0.2, 0) is 4.79 Å². The first-order valence-electron chi connectivity index (χ1n) is 4.93. The van der Waals surface area contributed by atoms with Crippen LogP contribution in [0.5, 0.6) is 0 Å². The number of piperidine rings is 1. The summed E-state index contributed by atoms with van der Waals surface area (Å²) in [6.07, 6.45) is 5.35.